The van der Waals surface area contributed by atoms with E-state index < -0.39 is 0 Å². The van der Waals surface area contributed by atoms with E-state index in [-0.39, 0.29) is 5.11 Å². The first-order valence-corrected chi connectivity index (χ1v) is 7.76. The molecule has 17 heavy (non-hydrogen) atoms. The predicted octanol–water partition coefficient (Wildman–Crippen LogP) is 3.62. The molecule has 0 heterocycles. The molecule has 0 aliphatic carbocycles. The molecule has 104 valence electrons. The summed E-state index contributed by atoms with van der Waals surface area (Å²) in [5.41, 5.74) is 7.88. The van der Waals surface area contributed by atoms with Gasteiger partial charge in [-0.05, 0) is 6.42 Å². The molecule has 0 unspecified atom stereocenters. The molecule has 0 saturated heterocycles. The number of halogens is 1. The Hall–Kier alpha value is 0.140. The van der Waals surface area contributed by atoms with E-state index in [4.69, 9.17) is 17.3 Å². The largest absolute Gasteiger partial charge is 0.345 e. The zero-order valence-electron chi connectivity index (χ0n) is 11.3. The van der Waals surface area contributed by atoms with Gasteiger partial charge >= 0.3 is 0 Å². The lowest BCUT2D eigenvalue weighted by Crippen LogP contribution is -2.60. The monoisotopic (exact) mass is 281 g/mol. The fourth-order valence-electron chi connectivity index (χ4n) is 1.58. The van der Waals surface area contributed by atoms with Crippen molar-refractivity contribution in [2.24, 2.45) is 5.73 Å². The molecule has 0 rings (SSSR count). The van der Waals surface area contributed by atoms with Crippen LogP contribution in [-0.2, 0) is 0 Å². The van der Waals surface area contributed by atoms with Crippen LogP contribution in [0.15, 0.2) is 0 Å². The van der Waals surface area contributed by atoms with Gasteiger partial charge in [-0.15, -0.1) is 11.6 Å². The first-order chi connectivity index (χ1) is 8.15. The topological polar surface area (TPSA) is 53.7 Å². The van der Waals surface area contributed by atoms with Gasteiger partial charge in [0.15, 0.2) is 0 Å². The van der Waals surface area contributed by atoms with Gasteiger partial charge in [-0.2, -0.15) is 0 Å². The summed E-state index contributed by atoms with van der Waals surface area (Å²) in [6.07, 6.45) is 13.9. The zero-order chi connectivity index (χ0) is 13.4. The first kappa shape index (κ1) is 19.5. The normalized spacial score (nSPS) is 9.59. The van der Waals surface area contributed by atoms with E-state index in [0.717, 1.165) is 5.88 Å². The summed E-state index contributed by atoms with van der Waals surface area (Å²) in [7, 11) is 0. The van der Waals surface area contributed by atoms with Crippen LogP contribution in [0.4, 0.5) is 0 Å². The average molecular weight is 282 g/mol. The molecule has 0 fully saturated rings. The molecule has 0 spiro atoms. The van der Waals surface area contributed by atoms with Gasteiger partial charge < -0.3 is 11.5 Å². The highest BCUT2D eigenvalue weighted by atomic mass is 35.5. The number of hydrogen-bond donors (Lipinski definition) is 2. The third-order valence-corrected chi connectivity index (χ3v) is 2.75. The second-order valence-corrected chi connectivity index (χ2v) is 5.24. The standard InChI is InChI=1S/C12H25Cl.CH4N2S/c1-2-3-4-5-6-7-8-9-10-11-12-13;2-1(3)4/h2-12H2,1H3;(H4,2,3,4)/p+1. The van der Waals surface area contributed by atoms with Crippen LogP contribution >= 0.6 is 23.8 Å². The van der Waals surface area contributed by atoms with Crippen LogP contribution in [0.1, 0.15) is 71.1 Å². The van der Waals surface area contributed by atoms with Gasteiger partial charge in [-0.3, -0.25) is 0 Å². The van der Waals surface area contributed by atoms with E-state index in [2.05, 4.69) is 24.9 Å². The Morgan fingerprint density at radius 3 is 1.53 bits per heavy atom. The third-order valence-electron chi connectivity index (χ3n) is 2.49. The SMILES string of the molecule is CCCCCCCCCCCCCl.NC([NH3+])=S. The van der Waals surface area contributed by atoms with E-state index in [1.165, 1.54) is 64.2 Å². The van der Waals surface area contributed by atoms with Crippen molar-refractivity contribution in [2.45, 2.75) is 71.1 Å². The summed E-state index contributed by atoms with van der Waals surface area (Å²) < 4.78 is 0. The van der Waals surface area contributed by atoms with Gasteiger partial charge in [-0.25, -0.2) is 0 Å². The van der Waals surface area contributed by atoms with Crippen LogP contribution in [0.2, 0.25) is 0 Å². The lowest BCUT2D eigenvalue weighted by molar-refractivity contribution is -0.210. The Morgan fingerprint density at radius 2 is 1.24 bits per heavy atom. The number of quaternary nitrogens is 1. The van der Waals surface area contributed by atoms with Gasteiger partial charge in [0.1, 0.15) is 0 Å². The van der Waals surface area contributed by atoms with E-state index in [9.17, 15) is 0 Å². The second-order valence-electron chi connectivity index (χ2n) is 4.34. The van der Waals surface area contributed by atoms with Crippen LogP contribution in [-0.4, -0.2) is 11.0 Å². The summed E-state index contributed by atoms with van der Waals surface area (Å²) in [6.45, 7) is 2.27. The quantitative estimate of drug-likeness (QED) is 0.365. The van der Waals surface area contributed by atoms with Crippen molar-refractivity contribution < 1.29 is 5.73 Å². The van der Waals surface area contributed by atoms with Crippen LogP contribution < -0.4 is 11.5 Å². The Balaban J connectivity index is 0. The molecule has 0 atom stereocenters. The smallest absolute Gasteiger partial charge is 0.262 e. The minimum Gasteiger partial charge on any atom is -0.345 e. The lowest BCUT2D eigenvalue weighted by Gasteiger charge is -2.00. The highest BCUT2D eigenvalue weighted by Gasteiger charge is 1.91. The Kier molecular flexibility index (Phi) is 21.2. The van der Waals surface area contributed by atoms with Crippen molar-refractivity contribution in [1.82, 2.24) is 0 Å². The number of unbranched alkanes of at least 4 members (excludes halogenated alkanes) is 9. The van der Waals surface area contributed by atoms with Crippen LogP contribution in [0.5, 0.6) is 0 Å². The van der Waals surface area contributed by atoms with Crippen LogP contribution in [0.3, 0.4) is 0 Å². The fourth-order valence-corrected chi connectivity index (χ4v) is 1.77. The van der Waals surface area contributed by atoms with Crippen LogP contribution in [0, 0.1) is 0 Å². The molecular weight excluding hydrogens is 252 g/mol. The maximum atomic E-state index is 5.60. The number of alkyl halides is 1. The third kappa shape index (κ3) is 31.4. The highest BCUT2D eigenvalue weighted by molar-refractivity contribution is 7.79. The molecule has 0 aromatic carbocycles. The van der Waals surface area contributed by atoms with Gasteiger partial charge in [0.2, 0.25) is 0 Å². The summed E-state index contributed by atoms with van der Waals surface area (Å²) in [6, 6.07) is 0. The molecule has 0 aliphatic rings. The molecule has 5 N–H and O–H groups in total. The minimum atomic E-state index is 0.250. The summed E-state index contributed by atoms with van der Waals surface area (Å²) >= 11 is 9.80. The van der Waals surface area contributed by atoms with Gasteiger partial charge in [0, 0.05) is 18.1 Å². The van der Waals surface area contributed by atoms with Gasteiger partial charge in [0.05, 0.1) is 0 Å². The highest BCUT2D eigenvalue weighted by Crippen LogP contribution is 2.10. The van der Waals surface area contributed by atoms with Gasteiger partial charge in [-0.1, -0.05) is 64.7 Å². The molecule has 0 saturated carbocycles. The second kappa shape index (κ2) is 18.5. The zero-order valence-corrected chi connectivity index (χ0v) is 12.9. The van der Waals surface area contributed by atoms with Crippen molar-refractivity contribution in [1.29, 1.82) is 0 Å². The molecule has 0 radical (unpaired) electrons. The van der Waals surface area contributed by atoms with Crippen molar-refractivity contribution in [3.05, 3.63) is 0 Å². The summed E-state index contributed by atoms with van der Waals surface area (Å²) in [5, 5.41) is 0.250. The molecule has 0 aromatic heterocycles. The van der Waals surface area contributed by atoms with Crippen molar-refractivity contribution in [3.63, 3.8) is 0 Å². The lowest BCUT2D eigenvalue weighted by atomic mass is 10.1. The van der Waals surface area contributed by atoms with Crippen LogP contribution in [0.25, 0.3) is 0 Å². The Bertz CT molecular complexity index is 140. The maximum Gasteiger partial charge on any atom is 0.262 e. The molecule has 0 amide bonds. The van der Waals surface area contributed by atoms with E-state index >= 15 is 0 Å². The Morgan fingerprint density at radius 1 is 0.941 bits per heavy atom. The molecular formula is C13H30ClN2S+. The number of hydrogen-bond acceptors (Lipinski definition) is 1. The summed E-state index contributed by atoms with van der Waals surface area (Å²) in [5.74, 6) is 0.844. The van der Waals surface area contributed by atoms with E-state index in [1.54, 1.807) is 0 Å². The van der Waals surface area contributed by atoms with Gasteiger partial charge in [0.25, 0.3) is 5.11 Å². The first-order valence-electron chi connectivity index (χ1n) is 6.82. The van der Waals surface area contributed by atoms with Crippen molar-refractivity contribution in [2.75, 3.05) is 5.88 Å². The maximum absolute atomic E-state index is 5.60. The van der Waals surface area contributed by atoms with Crippen molar-refractivity contribution in [3.8, 4) is 0 Å². The number of thiocarbonyl (C=S) groups is 1. The van der Waals surface area contributed by atoms with E-state index in [0.29, 0.717) is 0 Å². The average Bonchev–Trinajstić information content (AvgIpc) is 2.26. The number of nitrogens with two attached hydrogens (primary N) is 1. The summed E-state index contributed by atoms with van der Waals surface area (Å²) in [4.78, 5) is 0. The number of rotatable bonds is 10. The molecule has 0 aromatic rings. The predicted molar refractivity (Wildman–Crippen MR) is 82.2 cm³/mol. The molecule has 4 heteroatoms. The molecule has 0 bridgehead atoms. The minimum absolute atomic E-state index is 0.250. The fraction of sp³-hybridized carbons (Fsp3) is 0.923. The Labute approximate surface area is 117 Å². The van der Waals surface area contributed by atoms with Crippen molar-refractivity contribution >= 4 is 28.9 Å². The molecule has 2 nitrogen and oxygen atoms in total. The van der Waals surface area contributed by atoms with E-state index in [1.807, 2.05) is 0 Å². The molecule has 0 aliphatic heterocycles.